The van der Waals surface area contributed by atoms with Crippen LogP contribution in [0.5, 0.6) is 28.7 Å². The maximum absolute atomic E-state index is 13.2. The first kappa shape index (κ1) is 21.8. The highest BCUT2D eigenvalue weighted by molar-refractivity contribution is 6.15. The van der Waals surface area contributed by atoms with Crippen molar-refractivity contribution < 1.29 is 28.5 Å². The van der Waals surface area contributed by atoms with Crippen molar-refractivity contribution in [2.45, 2.75) is 13.1 Å². The van der Waals surface area contributed by atoms with Gasteiger partial charge in [-0.2, -0.15) is 0 Å². The third-order valence-electron chi connectivity index (χ3n) is 5.83. The van der Waals surface area contributed by atoms with Crippen LogP contribution in [0.15, 0.2) is 54.6 Å². The molecule has 0 radical (unpaired) electrons. The molecular weight excluding hydrogens is 436 g/mol. The molecule has 0 amide bonds. The molecule has 34 heavy (non-hydrogen) atoms. The number of ketones is 1. The molecule has 0 unspecified atom stereocenters. The van der Waals surface area contributed by atoms with Crippen molar-refractivity contribution in [3.8, 4) is 28.7 Å². The molecule has 0 saturated carbocycles. The Morgan fingerprint density at radius 3 is 2.59 bits per heavy atom. The topological polar surface area (TPSA) is 79.3 Å². The number of Topliss-reactive ketones (excluding diaryl/α,β-unsaturated/α-hetero) is 1. The summed E-state index contributed by atoms with van der Waals surface area (Å²) in [5.74, 6) is 2.85. The van der Waals surface area contributed by atoms with Gasteiger partial charge in [-0.1, -0.05) is 6.07 Å². The van der Waals surface area contributed by atoms with Gasteiger partial charge in [0, 0.05) is 37.1 Å². The van der Waals surface area contributed by atoms with E-state index in [4.69, 9.17) is 23.7 Å². The van der Waals surface area contributed by atoms with Crippen LogP contribution in [-0.4, -0.2) is 43.7 Å². The highest BCUT2D eigenvalue weighted by Gasteiger charge is 2.34. The quantitative estimate of drug-likeness (QED) is 0.510. The van der Waals surface area contributed by atoms with Crippen molar-refractivity contribution >= 4 is 11.9 Å². The Labute approximate surface area is 197 Å². The molecular formula is C26H24N2O6. The predicted molar refractivity (Wildman–Crippen MR) is 124 cm³/mol. The fourth-order valence-electron chi connectivity index (χ4n) is 4.16. The van der Waals surface area contributed by atoms with Crippen molar-refractivity contribution in [1.82, 2.24) is 9.88 Å². The number of nitrogens with zero attached hydrogens (tertiary/aromatic N) is 2. The van der Waals surface area contributed by atoms with Gasteiger partial charge in [0.25, 0.3) is 0 Å². The minimum Gasteiger partial charge on any atom is -0.496 e. The number of aromatic nitrogens is 1. The van der Waals surface area contributed by atoms with E-state index in [2.05, 4.69) is 9.88 Å². The maximum atomic E-state index is 13.2. The minimum atomic E-state index is -0.195. The molecule has 0 bridgehead atoms. The lowest BCUT2D eigenvalue weighted by molar-refractivity contribution is 0.0872. The van der Waals surface area contributed by atoms with Gasteiger partial charge in [0.1, 0.15) is 24.0 Å². The van der Waals surface area contributed by atoms with Crippen LogP contribution < -0.4 is 23.7 Å². The lowest BCUT2D eigenvalue weighted by atomic mass is 10.0. The summed E-state index contributed by atoms with van der Waals surface area (Å²) in [5.41, 5.74) is 3.08. The second-order valence-electron chi connectivity index (χ2n) is 7.93. The Hall–Kier alpha value is -4.04. The van der Waals surface area contributed by atoms with Gasteiger partial charge in [0.2, 0.25) is 5.78 Å². The zero-order valence-electron chi connectivity index (χ0n) is 19.2. The molecule has 1 aromatic heterocycles. The van der Waals surface area contributed by atoms with Gasteiger partial charge in [-0.05, 0) is 35.9 Å². The van der Waals surface area contributed by atoms with Crippen LogP contribution in [0.2, 0.25) is 0 Å². The fourth-order valence-corrected chi connectivity index (χ4v) is 4.16. The number of benzene rings is 2. The first-order valence-corrected chi connectivity index (χ1v) is 10.8. The number of hydrogen-bond acceptors (Lipinski definition) is 8. The third kappa shape index (κ3) is 3.92. The second kappa shape index (κ2) is 9.07. The monoisotopic (exact) mass is 460 g/mol. The zero-order valence-corrected chi connectivity index (χ0v) is 19.2. The van der Waals surface area contributed by atoms with E-state index in [-0.39, 0.29) is 11.5 Å². The van der Waals surface area contributed by atoms with Gasteiger partial charge < -0.3 is 23.7 Å². The molecule has 2 aliphatic heterocycles. The number of fused-ring (bicyclic) bond motifs is 3. The van der Waals surface area contributed by atoms with Crippen LogP contribution in [-0.2, 0) is 13.1 Å². The molecule has 0 aliphatic carbocycles. The van der Waals surface area contributed by atoms with Crippen molar-refractivity contribution in [3.05, 3.63) is 76.8 Å². The zero-order chi connectivity index (χ0) is 23.7. The predicted octanol–water partition coefficient (Wildman–Crippen LogP) is 4.08. The molecule has 8 nitrogen and oxygen atoms in total. The minimum absolute atomic E-state index is 0.195. The number of hydrogen-bond donors (Lipinski definition) is 0. The van der Waals surface area contributed by atoms with E-state index in [0.29, 0.717) is 53.9 Å². The van der Waals surface area contributed by atoms with E-state index in [0.717, 1.165) is 16.9 Å². The number of methoxy groups -OCH3 is 3. The molecule has 2 aliphatic rings. The van der Waals surface area contributed by atoms with Gasteiger partial charge in [-0.15, -0.1) is 0 Å². The SMILES string of the molecule is COc1cc(OC)c(OC)cc1C=C1Oc2c(ccc3c2CN(Cc2cccnc2)CO3)C1=O. The summed E-state index contributed by atoms with van der Waals surface area (Å²) in [4.78, 5) is 19.5. The van der Waals surface area contributed by atoms with Crippen LogP contribution in [0.3, 0.4) is 0 Å². The van der Waals surface area contributed by atoms with Crippen molar-refractivity contribution in [2.75, 3.05) is 28.1 Å². The van der Waals surface area contributed by atoms with Gasteiger partial charge >= 0.3 is 0 Å². The van der Waals surface area contributed by atoms with E-state index in [1.807, 2.05) is 24.4 Å². The summed E-state index contributed by atoms with van der Waals surface area (Å²) in [6.45, 7) is 1.71. The summed E-state index contributed by atoms with van der Waals surface area (Å²) in [6.07, 6.45) is 5.24. The molecule has 0 atom stereocenters. The summed E-state index contributed by atoms with van der Waals surface area (Å²) in [7, 11) is 4.66. The average molecular weight is 460 g/mol. The Bertz CT molecular complexity index is 1270. The molecule has 0 fully saturated rings. The molecule has 3 heterocycles. The Kier molecular flexibility index (Phi) is 5.81. The smallest absolute Gasteiger partial charge is 0.231 e. The van der Waals surface area contributed by atoms with Gasteiger partial charge in [-0.3, -0.25) is 14.7 Å². The molecule has 0 spiro atoms. The molecule has 0 N–H and O–H groups in total. The van der Waals surface area contributed by atoms with Crippen molar-refractivity contribution in [2.24, 2.45) is 0 Å². The number of rotatable bonds is 6. The Balaban J connectivity index is 1.46. The molecule has 3 aromatic rings. The normalized spacial score (nSPS) is 15.9. The van der Waals surface area contributed by atoms with E-state index in [1.165, 1.54) is 0 Å². The van der Waals surface area contributed by atoms with E-state index >= 15 is 0 Å². The molecule has 8 heteroatoms. The summed E-state index contributed by atoms with van der Waals surface area (Å²) >= 11 is 0. The highest BCUT2D eigenvalue weighted by atomic mass is 16.5. The summed E-state index contributed by atoms with van der Waals surface area (Å²) in [5, 5.41) is 0. The number of carbonyl (C=O) groups excluding carboxylic acids is 1. The van der Waals surface area contributed by atoms with Crippen LogP contribution in [0, 0.1) is 0 Å². The molecule has 5 rings (SSSR count). The van der Waals surface area contributed by atoms with E-state index in [1.54, 1.807) is 51.8 Å². The number of allylic oxidation sites excluding steroid dienone is 1. The number of pyridine rings is 1. The maximum Gasteiger partial charge on any atom is 0.231 e. The summed E-state index contributed by atoms with van der Waals surface area (Å²) < 4.78 is 28.3. The van der Waals surface area contributed by atoms with Gasteiger partial charge in [-0.25, -0.2) is 0 Å². The van der Waals surface area contributed by atoms with Gasteiger partial charge in [0.05, 0.1) is 32.5 Å². The van der Waals surface area contributed by atoms with Crippen LogP contribution >= 0.6 is 0 Å². The molecule has 0 saturated heterocycles. The Morgan fingerprint density at radius 2 is 1.85 bits per heavy atom. The van der Waals surface area contributed by atoms with Crippen LogP contribution in [0.25, 0.3) is 6.08 Å². The number of ether oxygens (including phenoxy) is 5. The Morgan fingerprint density at radius 1 is 1.06 bits per heavy atom. The second-order valence-corrected chi connectivity index (χ2v) is 7.93. The molecule has 2 aromatic carbocycles. The van der Waals surface area contributed by atoms with Crippen molar-refractivity contribution in [1.29, 1.82) is 0 Å². The largest absolute Gasteiger partial charge is 0.496 e. The molecule has 174 valence electrons. The standard InChI is InChI=1S/C26H24N2O6/c1-30-21-11-23(32-3)22(31-2)9-17(21)10-24-25(29)18-6-7-20-19(26(18)34-24)14-28(15-33-20)13-16-5-4-8-27-12-16/h4-12H,13-15H2,1-3H3. The summed E-state index contributed by atoms with van der Waals surface area (Å²) in [6, 6.07) is 11.0. The third-order valence-corrected chi connectivity index (χ3v) is 5.83. The first-order chi connectivity index (χ1) is 16.6. The highest BCUT2D eigenvalue weighted by Crippen LogP contribution is 2.43. The average Bonchev–Trinajstić information content (AvgIpc) is 3.19. The first-order valence-electron chi connectivity index (χ1n) is 10.8. The van der Waals surface area contributed by atoms with E-state index < -0.39 is 0 Å². The van der Waals surface area contributed by atoms with Crippen LogP contribution in [0.4, 0.5) is 0 Å². The van der Waals surface area contributed by atoms with Crippen molar-refractivity contribution in [3.63, 3.8) is 0 Å². The van der Waals surface area contributed by atoms with E-state index in [9.17, 15) is 4.79 Å². The number of carbonyl (C=O) groups is 1. The van der Waals surface area contributed by atoms with Gasteiger partial charge in [0.15, 0.2) is 17.3 Å². The lowest BCUT2D eigenvalue weighted by Crippen LogP contribution is -2.31. The lowest BCUT2D eigenvalue weighted by Gasteiger charge is -2.29. The van der Waals surface area contributed by atoms with Crippen LogP contribution in [0.1, 0.15) is 27.0 Å². The fraction of sp³-hybridized carbons (Fsp3) is 0.231.